The maximum absolute atomic E-state index is 11.7. The van der Waals surface area contributed by atoms with Crippen LogP contribution >= 0.6 is 0 Å². The smallest absolute Gasteiger partial charge is 0.373 e. The lowest BCUT2D eigenvalue weighted by atomic mass is 10.2. The molecular formula is C15H16N2O5. The highest BCUT2D eigenvalue weighted by molar-refractivity contribution is 5.88. The van der Waals surface area contributed by atoms with E-state index in [2.05, 4.69) is 5.10 Å². The van der Waals surface area contributed by atoms with Crippen molar-refractivity contribution in [2.45, 2.75) is 13.5 Å². The first-order chi connectivity index (χ1) is 10.6. The van der Waals surface area contributed by atoms with Gasteiger partial charge in [0.25, 0.3) is 0 Å². The first-order valence-corrected chi connectivity index (χ1v) is 6.30. The molecule has 0 aliphatic rings. The summed E-state index contributed by atoms with van der Waals surface area (Å²) in [5, 5.41) is 4.21. The lowest BCUT2D eigenvalue weighted by Crippen LogP contribution is -2.13. The molecular weight excluding hydrogens is 288 g/mol. The zero-order chi connectivity index (χ0) is 16.5. The normalized spacial score (nSPS) is 9.23. The Kier molecular flexibility index (Phi) is 6.53. The van der Waals surface area contributed by atoms with Gasteiger partial charge in [0.05, 0.1) is 27.0 Å². The first kappa shape index (κ1) is 17.1. The van der Waals surface area contributed by atoms with Gasteiger partial charge in [-0.25, -0.2) is 4.79 Å². The second-order valence-corrected chi connectivity index (χ2v) is 4.26. The quantitative estimate of drug-likeness (QED) is 0.794. The van der Waals surface area contributed by atoms with Crippen molar-refractivity contribution in [3.05, 3.63) is 47.3 Å². The number of ether oxygens (including phenoxy) is 2. The fourth-order valence-corrected chi connectivity index (χ4v) is 1.87. The Morgan fingerprint density at radius 1 is 1.23 bits per heavy atom. The van der Waals surface area contributed by atoms with Gasteiger partial charge in [-0.05, 0) is 24.6 Å². The van der Waals surface area contributed by atoms with Crippen molar-refractivity contribution in [3.8, 4) is 5.75 Å². The number of aromatic nitrogens is 2. The minimum atomic E-state index is -0.372. The molecule has 0 radical (unpaired) electrons. The number of hydrogen-bond acceptors (Lipinski definition) is 6. The van der Waals surface area contributed by atoms with Crippen molar-refractivity contribution in [1.82, 2.24) is 9.78 Å². The third-order valence-corrected chi connectivity index (χ3v) is 2.89. The zero-order valence-corrected chi connectivity index (χ0v) is 12.5. The molecule has 0 unspecified atom stereocenters. The summed E-state index contributed by atoms with van der Waals surface area (Å²) in [6.07, 6.45) is 1.91. The number of benzene rings is 1. The van der Waals surface area contributed by atoms with Crippen molar-refractivity contribution in [3.63, 3.8) is 0 Å². The van der Waals surface area contributed by atoms with Crippen LogP contribution in [0.25, 0.3) is 0 Å². The Bertz CT molecular complexity index is 655. The van der Waals surface area contributed by atoms with Crippen LogP contribution in [0.3, 0.4) is 0 Å². The molecule has 7 nitrogen and oxygen atoms in total. The Hall–Kier alpha value is -2.92. The van der Waals surface area contributed by atoms with Crippen LogP contribution in [-0.2, 0) is 20.9 Å². The molecule has 0 saturated heterocycles. The number of rotatable bonds is 4. The van der Waals surface area contributed by atoms with Gasteiger partial charge in [0.2, 0.25) is 0 Å². The van der Waals surface area contributed by atoms with E-state index in [9.17, 15) is 4.79 Å². The van der Waals surface area contributed by atoms with E-state index in [1.807, 2.05) is 31.2 Å². The van der Waals surface area contributed by atoms with Crippen molar-refractivity contribution in [2.75, 3.05) is 14.2 Å². The van der Waals surface area contributed by atoms with Crippen LogP contribution in [0, 0.1) is 6.92 Å². The van der Waals surface area contributed by atoms with Crippen LogP contribution in [0.1, 0.15) is 21.6 Å². The molecule has 0 saturated carbocycles. The predicted molar refractivity (Wildman–Crippen MR) is 75.4 cm³/mol. The van der Waals surface area contributed by atoms with Gasteiger partial charge in [0.15, 0.2) is 0 Å². The lowest BCUT2D eigenvalue weighted by Gasteiger charge is -2.07. The second kappa shape index (κ2) is 8.39. The predicted octanol–water partition coefficient (Wildman–Crippen LogP) is 1.45. The van der Waals surface area contributed by atoms with E-state index in [4.69, 9.17) is 19.1 Å². The van der Waals surface area contributed by atoms with E-state index in [1.54, 1.807) is 18.0 Å². The molecule has 0 atom stereocenters. The van der Waals surface area contributed by atoms with Crippen LogP contribution in [0.4, 0.5) is 0 Å². The fraction of sp³-hybridized carbons (Fsp3) is 0.267. The molecule has 2 rings (SSSR count). The lowest BCUT2D eigenvalue weighted by molar-refractivity contribution is -0.191. The average molecular weight is 304 g/mol. The van der Waals surface area contributed by atoms with E-state index in [0.29, 0.717) is 12.2 Å². The van der Waals surface area contributed by atoms with Crippen molar-refractivity contribution < 1.29 is 23.9 Å². The van der Waals surface area contributed by atoms with Gasteiger partial charge in [-0.3, -0.25) is 4.68 Å². The number of carbonyl (C=O) groups is 1. The second-order valence-electron chi connectivity index (χ2n) is 4.26. The number of methoxy groups -OCH3 is 2. The van der Waals surface area contributed by atoms with Crippen LogP contribution in [-0.4, -0.2) is 36.1 Å². The highest BCUT2D eigenvalue weighted by atomic mass is 16.5. The maximum Gasteiger partial charge on any atom is 0.373 e. The number of aryl methyl sites for hydroxylation is 1. The van der Waals surface area contributed by atoms with E-state index < -0.39 is 0 Å². The van der Waals surface area contributed by atoms with E-state index in [0.717, 1.165) is 16.9 Å². The van der Waals surface area contributed by atoms with Gasteiger partial charge in [0, 0.05) is 5.56 Å². The molecule has 1 heterocycles. The molecule has 0 N–H and O–H groups in total. The summed E-state index contributed by atoms with van der Waals surface area (Å²) in [6, 6.07) is 7.64. The Labute approximate surface area is 127 Å². The van der Waals surface area contributed by atoms with Gasteiger partial charge >= 0.3 is 12.1 Å². The van der Waals surface area contributed by atoms with E-state index >= 15 is 0 Å². The van der Waals surface area contributed by atoms with Crippen molar-refractivity contribution in [2.24, 2.45) is 0 Å². The largest absolute Gasteiger partial charge is 0.497 e. The Balaban J connectivity index is 0.000000745. The molecule has 1 aromatic carbocycles. The Morgan fingerprint density at radius 3 is 2.32 bits per heavy atom. The first-order valence-electron chi connectivity index (χ1n) is 6.30. The van der Waals surface area contributed by atoms with Gasteiger partial charge in [-0.1, -0.05) is 12.1 Å². The van der Waals surface area contributed by atoms with Gasteiger partial charge in [-0.15, -0.1) is 0 Å². The number of hydrogen-bond donors (Lipinski definition) is 0. The van der Waals surface area contributed by atoms with Crippen molar-refractivity contribution >= 4 is 12.1 Å². The van der Waals surface area contributed by atoms with Gasteiger partial charge in [0.1, 0.15) is 11.4 Å². The zero-order valence-electron chi connectivity index (χ0n) is 12.5. The van der Waals surface area contributed by atoms with Crippen LogP contribution < -0.4 is 4.74 Å². The monoisotopic (exact) mass is 304 g/mol. The van der Waals surface area contributed by atoms with E-state index in [1.165, 1.54) is 7.11 Å². The van der Waals surface area contributed by atoms with Crippen LogP contribution in [0.5, 0.6) is 5.75 Å². The molecule has 0 amide bonds. The van der Waals surface area contributed by atoms with E-state index in [-0.39, 0.29) is 12.1 Å². The molecule has 0 aliphatic carbocycles. The maximum atomic E-state index is 11.7. The molecule has 7 heteroatoms. The number of nitrogens with zero attached hydrogens (tertiary/aromatic N) is 2. The summed E-state index contributed by atoms with van der Waals surface area (Å²) in [5.41, 5.74) is 2.33. The molecule has 1 aromatic heterocycles. The third-order valence-electron chi connectivity index (χ3n) is 2.89. The summed E-state index contributed by atoms with van der Waals surface area (Å²) < 4.78 is 11.5. The number of carbonyl (C=O) groups excluding carboxylic acids is 3. The summed E-state index contributed by atoms with van der Waals surface area (Å²) >= 11 is 0. The summed E-state index contributed by atoms with van der Waals surface area (Å²) in [5.74, 6) is 0.428. The average Bonchev–Trinajstić information content (AvgIpc) is 2.89. The molecule has 0 bridgehead atoms. The van der Waals surface area contributed by atoms with Crippen molar-refractivity contribution in [1.29, 1.82) is 0 Å². The topological polar surface area (TPSA) is 87.5 Å². The van der Waals surface area contributed by atoms with Crippen LogP contribution in [0.2, 0.25) is 0 Å². The Morgan fingerprint density at radius 2 is 1.82 bits per heavy atom. The summed E-state index contributed by atoms with van der Waals surface area (Å²) in [6.45, 7) is 2.35. The van der Waals surface area contributed by atoms with Gasteiger partial charge < -0.3 is 9.47 Å². The molecule has 0 fully saturated rings. The van der Waals surface area contributed by atoms with Gasteiger partial charge in [-0.2, -0.15) is 14.7 Å². The minimum Gasteiger partial charge on any atom is -0.497 e. The molecule has 0 aliphatic heterocycles. The molecule has 22 heavy (non-hydrogen) atoms. The SMILES string of the molecule is COC(=O)c1c(C)cnn1Cc1ccc(OC)cc1.O=C=O. The minimum absolute atomic E-state index is 0.250. The summed E-state index contributed by atoms with van der Waals surface area (Å²) in [4.78, 5) is 28.0. The highest BCUT2D eigenvalue weighted by Gasteiger charge is 2.16. The molecule has 0 spiro atoms. The van der Waals surface area contributed by atoms with Crippen LogP contribution in [0.15, 0.2) is 30.5 Å². The summed E-state index contributed by atoms with van der Waals surface area (Å²) in [7, 11) is 2.99. The number of esters is 1. The molecule has 116 valence electrons. The third kappa shape index (κ3) is 4.29. The standard InChI is InChI=1S/C14H16N2O3.CO2/c1-10-8-15-16(13(10)14(17)19-3)9-11-4-6-12(18-2)7-5-11;2-1-3/h4-8H,9H2,1-3H3;. The fourth-order valence-electron chi connectivity index (χ4n) is 1.87. The highest BCUT2D eigenvalue weighted by Crippen LogP contribution is 2.15. The molecule has 2 aromatic rings.